The van der Waals surface area contributed by atoms with E-state index in [1.54, 1.807) is 18.2 Å². The molecular weight excluding hydrogens is 454 g/mol. The number of nitrogens with zero attached hydrogens (tertiary/aromatic N) is 1. The molecule has 0 aliphatic carbocycles. The molecule has 4 N–H and O–H groups in total. The van der Waals surface area contributed by atoms with Crippen LogP contribution in [-0.2, 0) is 15.9 Å². The summed E-state index contributed by atoms with van der Waals surface area (Å²) in [4.78, 5) is 15.4. The van der Waals surface area contributed by atoms with Gasteiger partial charge in [0.1, 0.15) is 36.3 Å². The second-order valence-corrected chi connectivity index (χ2v) is 10.2. The summed E-state index contributed by atoms with van der Waals surface area (Å²) < 4.78 is 17.2. The Kier molecular flexibility index (Phi) is 8.15. The first-order valence-corrected chi connectivity index (χ1v) is 12.3. The lowest BCUT2D eigenvalue weighted by atomic mass is 9.99. The van der Waals surface area contributed by atoms with Gasteiger partial charge in [-0.1, -0.05) is 11.6 Å². The molecule has 7 unspecified atom stereocenters. The zero-order valence-electron chi connectivity index (χ0n) is 20.5. The average molecular weight is 492 g/mol. The highest BCUT2D eigenvalue weighted by Crippen LogP contribution is 2.36. The molecule has 3 saturated heterocycles. The van der Waals surface area contributed by atoms with E-state index in [0.717, 1.165) is 31.3 Å². The number of esters is 1. The SMILES string of the molecule is CC(C)=CCc1cc(C(=O)OC2CC3CCC(C2)N3C)ccc1OC1OC(CO)C(O)C(O)C1O. The van der Waals surface area contributed by atoms with Crippen molar-refractivity contribution in [2.45, 2.75) is 94.8 Å². The zero-order chi connectivity index (χ0) is 25.3. The molecular formula is C26H37NO8. The van der Waals surface area contributed by atoms with Gasteiger partial charge in [0.05, 0.1) is 12.2 Å². The number of piperidine rings is 1. The predicted molar refractivity (Wildman–Crippen MR) is 127 cm³/mol. The molecule has 0 radical (unpaired) electrons. The van der Waals surface area contributed by atoms with Crippen molar-refractivity contribution in [1.29, 1.82) is 0 Å². The van der Waals surface area contributed by atoms with Crippen molar-refractivity contribution in [2.75, 3.05) is 13.7 Å². The number of rotatable bonds is 7. The van der Waals surface area contributed by atoms with Crippen LogP contribution in [0.4, 0.5) is 0 Å². The highest BCUT2D eigenvalue weighted by Gasteiger charge is 2.45. The van der Waals surface area contributed by atoms with Crippen LogP contribution in [-0.4, -0.2) is 93.8 Å². The third kappa shape index (κ3) is 5.71. The van der Waals surface area contributed by atoms with E-state index in [-0.39, 0.29) is 12.1 Å². The summed E-state index contributed by atoms with van der Waals surface area (Å²) in [7, 11) is 2.14. The molecule has 4 rings (SSSR count). The Labute approximate surface area is 205 Å². The van der Waals surface area contributed by atoms with Gasteiger partial charge in [0.2, 0.25) is 6.29 Å². The fraction of sp³-hybridized carbons (Fsp3) is 0.654. The van der Waals surface area contributed by atoms with Crippen LogP contribution in [0.2, 0.25) is 0 Å². The summed E-state index contributed by atoms with van der Waals surface area (Å²) >= 11 is 0. The molecule has 3 fully saturated rings. The molecule has 0 saturated carbocycles. The minimum Gasteiger partial charge on any atom is -0.462 e. The van der Waals surface area contributed by atoms with E-state index >= 15 is 0 Å². The van der Waals surface area contributed by atoms with Crippen molar-refractivity contribution < 1.29 is 39.4 Å². The number of carbonyl (C=O) groups excluding carboxylic acids is 1. The van der Waals surface area contributed by atoms with Crippen LogP contribution in [0.3, 0.4) is 0 Å². The third-order valence-corrected chi connectivity index (χ3v) is 7.45. The molecule has 3 aliphatic heterocycles. The predicted octanol–water partition coefficient (Wildman–Crippen LogP) is 1.16. The van der Waals surface area contributed by atoms with Crippen LogP contribution in [0.1, 0.15) is 55.5 Å². The lowest BCUT2D eigenvalue weighted by Crippen LogP contribution is -2.60. The number of benzene rings is 1. The van der Waals surface area contributed by atoms with Gasteiger partial charge >= 0.3 is 5.97 Å². The van der Waals surface area contributed by atoms with Crippen molar-refractivity contribution in [1.82, 2.24) is 4.90 Å². The quantitative estimate of drug-likeness (QED) is 0.328. The van der Waals surface area contributed by atoms with Crippen molar-refractivity contribution in [3.05, 3.63) is 41.0 Å². The summed E-state index contributed by atoms with van der Waals surface area (Å²) in [5.74, 6) is -0.0162. The normalized spacial score (nSPS) is 34.9. The molecule has 0 spiro atoms. The molecule has 7 atom stereocenters. The monoisotopic (exact) mass is 491 g/mol. The van der Waals surface area contributed by atoms with Gasteiger partial charge in [0.15, 0.2) is 0 Å². The van der Waals surface area contributed by atoms with Gasteiger partial charge in [-0.2, -0.15) is 0 Å². The maximum absolute atomic E-state index is 13.0. The van der Waals surface area contributed by atoms with Crippen molar-refractivity contribution in [3.63, 3.8) is 0 Å². The molecule has 9 nitrogen and oxygen atoms in total. The molecule has 194 valence electrons. The van der Waals surface area contributed by atoms with Gasteiger partial charge in [0.25, 0.3) is 0 Å². The zero-order valence-corrected chi connectivity index (χ0v) is 20.5. The number of aliphatic hydroxyl groups excluding tert-OH is 4. The van der Waals surface area contributed by atoms with Crippen LogP contribution >= 0.6 is 0 Å². The molecule has 3 heterocycles. The Hall–Kier alpha value is -2.01. The van der Waals surface area contributed by atoms with Crippen molar-refractivity contribution >= 4 is 5.97 Å². The fourth-order valence-corrected chi connectivity index (χ4v) is 5.26. The van der Waals surface area contributed by atoms with E-state index in [0.29, 0.717) is 35.4 Å². The van der Waals surface area contributed by atoms with E-state index in [1.807, 2.05) is 19.9 Å². The number of hydrogen-bond acceptors (Lipinski definition) is 9. The van der Waals surface area contributed by atoms with Gasteiger partial charge in [-0.05, 0) is 63.9 Å². The number of ether oxygens (including phenoxy) is 3. The number of fused-ring (bicyclic) bond motifs is 2. The fourth-order valence-electron chi connectivity index (χ4n) is 5.26. The summed E-state index contributed by atoms with van der Waals surface area (Å²) in [5.41, 5.74) is 2.18. The van der Waals surface area contributed by atoms with E-state index in [1.165, 1.54) is 0 Å². The van der Waals surface area contributed by atoms with Gasteiger partial charge < -0.3 is 39.5 Å². The lowest BCUT2D eigenvalue weighted by molar-refractivity contribution is -0.277. The molecule has 0 amide bonds. The highest BCUT2D eigenvalue weighted by atomic mass is 16.7. The van der Waals surface area contributed by atoms with E-state index in [4.69, 9.17) is 14.2 Å². The molecule has 1 aromatic carbocycles. The molecule has 2 bridgehead atoms. The highest BCUT2D eigenvalue weighted by molar-refractivity contribution is 5.90. The Bertz CT molecular complexity index is 916. The van der Waals surface area contributed by atoms with Crippen LogP contribution in [0, 0.1) is 0 Å². The number of allylic oxidation sites excluding steroid dienone is 2. The first-order chi connectivity index (χ1) is 16.7. The summed E-state index contributed by atoms with van der Waals surface area (Å²) in [5, 5.41) is 39.9. The summed E-state index contributed by atoms with van der Waals surface area (Å²) in [6, 6.07) is 5.87. The topological polar surface area (TPSA) is 129 Å². The number of hydrogen-bond donors (Lipinski definition) is 4. The maximum atomic E-state index is 13.0. The Morgan fingerprint density at radius 2 is 1.80 bits per heavy atom. The van der Waals surface area contributed by atoms with Crippen molar-refractivity contribution in [3.8, 4) is 5.75 Å². The van der Waals surface area contributed by atoms with Gasteiger partial charge in [0, 0.05) is 24.9 Å². The van der Waals surface area contributed by atoms with Gasteiger partial charge in [-0.15, -0.1) is 0 Å². The summed E-state index contributed by atoms with van der Waals surface area (Å²) in [6.45, 7) is 3.38. The molecule has 3 aliphatic rings. The van der Waals surface area contributed by atoms with Crippen LogP contribution in [0.5, 0.6) is 5.75 Å². The standard InChI is InChI=1S/C26H37NO8/c1-14(2)4-5-15-10-16(25(32)33-19-11-17-7-8-18(12-19)27(17)3)6-9-20(15)34-26-24(31)23(30)22(29)21(13-28)35-26/h4,6,9-10,17-19,21-24,26,28-31H,5,7-8,11-13H2,1-3H3. The second-order valence-electron chi connectivity index (χ2n) is 10.2. The number of carbonyl (C=O) groups is 1. The van der Waals surface area contributed by atoms with E-state index < -0.39 is 37.3 Å². The van der Waals surface area contributed by atoms with Crippen LogP contribution in [0.15, 0.2) is 29.8 Å². The Morgan fingerprint density at radius 1 is 1.11 bits per heavy atom. The smallest absolute Gasteiger partial charge is 0.338 e. The van der Waals surface area contributed by atoms with Gasteiger partial charge in [-0.3, -0.25) is 0 Å². The van der Waals surface area contributed by atoms with Crippen LogP contribution in [0.25, 0.3) is 0 Å². The molecule has 1 aromatic rings. The maximum Gasteiger partial charge on any atom is 0.338 e. The minimum absolute atomic E-state index is 0.0949. The average Bonchev–Trinajstić information content (AvgIpc) is 3.03. The largest absolute Gasteiger partial charge is 0.462 e. The van der Waals surface area contributed by atoms with Gasteiger partial charge in [-0.25, -0.2) is 4.79 Å². The van der Waals surface area contributed by atoms with Crippen LogP contribution < -0.4 is 4.74 Å². The Morgan fingerprint density at radius 3 is 2.43 bits per heavy atom. The second kappa shape index (κ2) is 10.9. The molecule has 9 heteroatoms. The third-order valence-electron chi connectivity index (χ3n) is 7.45. The minimum atomic E-state index is -1.54. The first-order valence-electron chi connectivity index (χ1n) is 12.3. The lowest BCUT2D eigenvalue weighted by Gasteiger charge is -2.39. The summed E-state index contributed by atoms with van der Waals surface area (Å²) in [6.07, 6.45) is -0.550. The first kappa shape index (κ1) is 26.1. The van der Waals surface area contributed by atoms with Crippen molar-refractivity contribution in [2.24, 2.45) is 0 Å². The van der Waals surface area contributed by atoms with E-state index in [9.17, 15) is 25.2 Å². The molecule has 0 aromatic heterocycles. The Balaban J connectivity index is 1.50. The number of aliphatic hydroxyl groups is 4. The van der Waals surface area contributed by atoms with E-state index in [2.05, 4.69) is 11.9 Å². The molecule has 35 heavy (non-hydrogen) atoms.